The molecule has 1 N–H and O–H groups in total. The Hall–Kier alpha value is -0.840. The summed E-state index contributed by atoms with van der Waals surface area (Å²) in [5.74, 6) is 1.05. The SMILES string of the molecule is CN1CCN(c2ccc(Cl)c(CNC3CC3)n2)CC1(C)C. The lowest BCUT2D eigenvalue weighted by molar-refractivity contribution is 0.138. The van der Waals surface area contributed by atoms with Crippen molar-refractivity contribution in [3.8, 4) is 0 Å². The van der Waals surface area contributed by atoms with Crippen molar-refractivity contribution in [1.82, 2.24) is 15.2 Å². The van der Waals surface area contributed by atoms with Crippen molar-refractivity contribution in [1.29, 1.82) is 0 Å². The number of hydrogen-bond acceptors (Lipinski definition) is 4. The first-order valence-electron chi connectivity index (χ1n) is 7.81. The number of rotatable bonds is 4. The minimum atomic E-state index is 0.173. The molecule has 1 aliphatic carbocycles. The van der Waals surface area contributed by atoms with E-state index in [9.17, 15) is 0 Å². The molecule has 0 unspecified atom stereocenters. The lowest BCUT2D eigenvalue weighted by Gasteiger charge is -2.45. The van der Waals surface area contributed by atoms with Crippen LogP contribution in [0.4, 0.5) is 5.82 Å². The zero-order valence-electron chi connectivity index (χ0n) is 13.2. The number of halogens is 1. The summed E-state index contributed by atoms with van der Waals surface area (Å²) in [6.45, 7) is 8.41. The normalized spacial score (nSPS) is 22.6. The second-order valence-corrected chi connectivity index (χ2v) is 7.32. The Morgan fingerprint density at radius 1 is 1.33 bits per heavy atom. The average Bonchev–Trinajstić information content (AvgIpc) is 3.25. The van der Waals surface area contributed by atoms with E-state index in [0.717, 1.165) is 42.7 Å². The molecule has 2 aliphatic rings. The summed E-state index contributed by atoms with van der Waals surface area (Å²) in [4.78, 5) is 9.58. The molecule has 3 rings (SSSR count). The number of hydrogen-bond donors (Lipinski definition) is 1. The van der Waals surface area contributed by atoms with Crippen molar-refractivity contribution in [2.45, 2.75) is 44.8 Å². The van der Waals surface area contributed by atoms with Crippen LogP contribution in [0.2, 0.25) is 5.02 Å². The first-order valence-corrected chi connectivity index (χ1v) is 8.18. The molecule has 0 amide bonds. The molecule has 21 heavy (non-hydrogen) atoms. The highest BCUT2D eigenvalue weighted by Crippen LogP contribution is 2.26. The van der Waals surface area contributed by atoms with E-state index in [1.807, 2.05) is 12.1 Å². The first-order chi connectivity index (χ1) is 9.95. The topological polar surface area (TPSA) is 31.4 Å². The molecule has 2 fully saturated rings. The lowest BCUT2D eigenvalue weighted by Crippen LogP contribution is -2.57. The highest BCUT2D eigenvalue weighted by Gasteiger charge is 2.31. The van der Waals surface area contributed by atoms with Gasteiger partial charge in [0.2, 0.25) is 0 Å². The molecule has 2 heterocycles. The number of aromatic nitrogens is 1. The molecule has 0 bridgehead atoms. The molecule has 1 aliphatic heterocycles. The van der Waals surface area contributed by atoms with Gasteiger partial charge in [0.05, 0.1) is 10.7 Å². The number of pyridine rings is 1. The molecule has 0 radical (unpaired) electrons. The summed E-state index contributed by atoms with van der Waals surface area (Å²) < 4.78 is 0. The smallest absolute Gasteiger partial charge is 0.129 e. The Balaban J connectivity index is 1.73. The first kappa shape index (κ1) is 15.1. The van der Waals surface area contributed by atoms with Gasteiger partial charge in [-0.25, -0.2) is 4.98 Å². The van der Waals surface area contributed by atoms with E-state index in [4.69, 9.17) is 16.6 Å². The van der Waals surface area contributed by atoms with E-state index in [-0.39, 0.29) is 5.54 Å². The monoisotopic (exact) mass is 308 g/mol. The van der Waals surface area contributed by atoms with Gasteiger partial charge in [0, 0.05) is 37.8 Å². The Labute approximate surface area is 132 Å². The van der Waals surface area contributed by atoms with Crippen LogP contribution in [0.5, 0.6) is 0 Å². The minimum absolute atomic E-state index is 0.173. The Morgan fingerprint density at radius 2 is 2.10 bits per heavy atom. The van der Waals surface area contributed by atoms with Gasteiger partial charge in [-0.2, -0.15) is 0 Å². The fourth-order valence-corrected chi connectivity index (χ4v) is 2.91. The van der Waals surface area contributed by atoms with Gasteiger partial charge >= 0.3 is 0 Å². The summed E-state index contributed by atoms with van der Waals surface area (Å²) in [6, 6.07) is 4.71. The van der Waals surface area contributed by atoms with Gasteiger partial charge in [0.25, 0.3) is 0 Å². The predicted molar refractivity (Wildman–Crippen MR) is 88.0 cm³/mol. The number of nitrogens with zero attached hydrogens (tertiary/aromatic N) is 3. The third-order valence-electron chi connectivity index (χ3n) is 4.68. The van der Waals surface area contributed by atoms with Crippen molar-refractivity contribution in [2.75, 3.05) is 31.6 Å². The maximum atomic E-state index is 6.29. The molecule has 1 aromatic heterocycles. The second-order valence-electron chi connectivity index (χ2n) is 6.91. The zero-order chi connectivity index (χ0) is 15.0. The van der Waals surface area contributed by atoms with Crippen LogP contribution in [0.15, 0.2) is 12.1 Å². The van der Waals surface area contributed by atoms with E-state index in [1.54, 1.807) is 0 Å². The molecule has 1 saturated heterocycles. The highest BCUT2D eigenvalue weighted by atomic mass is 35.5. The average molecular weight is 309 g/mol. The Bertz CT molecular complexity index is 513. The van der Waals surface area contributed by atoms with E-state index in [2.05, 4.69) is 36.0 Å². The summed E-state index contributed by atoms with van der Waals surface area (Å²) in [6.07, 6.45) is 2.56. The van der Waals surface area contributed by atoms with Gasteiger partial charge in [-0.1, -0.05) is 11.6 Å². The van der Waals surface area contributed by atoms with Crippen LogP contribution in [0.1, 0.15) is 32.4 Å². The quantitative estimate of drug-likeness (QED) is 0.926. The van der Waals surface area contributed by atoms with Gasteiger partial charge in [0.15, 0.2) is 0 Å². The van der Waals surface area contributed by atoms with Crippen LogP contribution in [-0.4, -0.2) is 48.1 Å². The molecular weight excluding hydrogens is 284 g/mol. The van der Waals surface area contributed by atoms with Crippen molar-refractivity contribution in [3.63, 3.8) is 0 Å². The third-order valence-corrected chi connectivity index (χ3v) is 5.02. The lowest BCUT2D eigenvalue weighted by atomic mass is 10.00. The molecule has 5 heteroatoms. The fourth-order valence-electron chi connectivity index (χ4n) is 2.74. The van der Waals surface area contributed by atoms with Crippen molar-refractivity contribution in [3.05, 3.63) is 22.8 Å². The van der Waals surface area contributed by atoms with Gasteiger partial charge in [-0.3, -0.25) is 4.90 Å². The molecule has 116 valence electrons. The second kappa shape index (κ2) is 5.75. The van der Waals surface area contributed by atoms with Gasteiger partial charge in [-0.05, 0) is 45.9 Å². The van der Waals surface area contributed by atoms with Crippen molar-refractivity contribution in [2.24, 2.45) is 0 Å². The third kappa shape index (κ3) is 3.50. The van der Waals surface area contributed by atoms with Gasteiger partial charge in [-0.15, -0.1) is 0 Å². The van der Waals surface area contributed by atoms with Crippen molar-refractivity contribution < 1.29 is 0 Å². The summed E-state index contributed by atoms with van der Waals surface area (Å²) in [7, 11) is 2.19. The van der Waals surface area contributed by atoms with E-state index >= 15 is 0 Å². The van der Waals surface area contributed by atoms with Crippen LogP contribution in [0.25, 0.3) is 0 Å². The maximum absolute atomic E-state index is 6.29. The van der Waals surface area contributed by atoms with Gasteiger partial charge in [0.1, 0.15) is 5.82 Å². The van der Waals surface area contributed by atoms with Crippen LogP contribution >= 0.6 is 11.6 Å². The standard InChI is InChI=1S/C16H25ClN4/c1-16(2)11-21(9-8-20(16)3)15-7-6-13(17)14(19-15)10-18-12-4-5-12/h6-7,12,18H,4-5,8-11H2,1-3H3. The number of anilines is 1. The molecule has 1 saturated carbocycles. The molecule has 0 atom stereocenters. The number of nitrogens with one attached hydrogen (secondary N) is 1. The Kier molecular flexibility index (Phi) is 4.12. The molecule has 0 spiro atoms. The van der Waals surface area contributed by atoms with E-state index < -0.39 is 0 Å². The minimum Gasteiger partial charge on any atom is -0.353 e. The number of likely N-dealkylation sites (N-methyl/N-ethyl adjacent to an activating group) is 1. The highest BCUT2D eigenvalue weighted by molar-refractivity contribution is 6.31. The fraction of sp³-hybridized carbons (Fsp3) is 0.688. The largest absolute Gasteiger partial charge is 0.353 e. The molecular formula is C16H25ClN4. The summed E-state index contributed by atoms with van der Waals surface area (Å²) >= 11 is 6.29. The Morgan fingerprint density at radius 3 is 2.76 bits per heavy atom. The number of piperazine rings is 1. The van der Waals surface area contributed by atoms with Crippen LogP contribution in [0, 0.1) is 0 Å². The van der Waals surface area contributed by atoms with E-state index in [0.29, 0.717) is 6.04 Å². The predicted octanol–water partition coefficient (Wildman–Crippen LogP) is 2.52. The van der Waals surface area contributed by atoms with Crippen LogP contribution < -0.4 is 10.2 Å². The summed E-state index contributed by atoms with van der Waals surface area (Å²) in [5, 5.41) is 4.26. The van der Waals surface area contributed by atoms with Gasteiger partial charge < -0.3 is 10.2 Å². The van der Waals surface area contributed by atoms with Crippen LogP contribution in [-0.2, 0) is 6.54 Å². The molecule has 4 nitrogen and oxygen atoms in total. The summed E-state index contributed by atoms with van der Waals surface area (Å²) in [5.41, 5.74) is 1.14. The van der Waals surface area contributed by atoms with Crippen LogP contribution in [0.3, 0.4) is 0 Å². The van der Waals surface area contributed by atoms with E-state index in [1.165, 1.54) is 12.8 Å². The zero-order valence-corrected chi connectivity index (χ0v) is 14.0. The van der Waals surface area contributed by atoms with Crippen molar-refractivity contribution >= 4 is 17.4 Å². The molecule has 1 aromatic rings. The molecule has 0 aromatic carbocycles. The maximum Gasteiger partial charge on any atom is 0.129 e.